The van der Waals surface area contributed by atoms with Crippen LogP contribution in [0.4, 0.5) is 16.3 Å². The predicted molar refractivity (Wildman–Crippen MR) is 170 cm³/mol. The van der Waals surface area contributed by atoms with Crippen LogP contribution in [0.2, 0.25) is 5.02 Å². The number of nitrogens with zero attached hydrogens (tertiary/aromatic N) is 4. The molecule has 7 rings (SSSR count). The second-order valence-corrected chi connectivity index (χ2v) is 13.8. The lowest BCUT2D eigenvalue weighted by molar-refractivity contribution is -0.117. The van der Waals surface area contributed by atoms with Crippen LogP contribution >= 0.6 is 11.6 Å². The van der Waals surface area contributed by atoms with Crippen molar-refractivity contribution in [2.45, 2.75) is 69.9 Å². The van der Waals surface area contributed by atoms with Crippen molar-refractivity contribution in [3.05, 3.63) is 88.5 Å². The van der Waals surface area contributed by atoms with Gasteiger partial charge < -0.3 is 24.7 Å². The van der Waals surface area contributed by atoms with E-state index in [1.54, 1.807) is 11.1 Å². The average Bonchev–Trinajstić information content (AvgIpc) is 3.87. The number of nitrogens with one attached hydrogen (secondary N) is 2. The Labute approximate surface area is 262 Å². The number of halogens is 1. The zero-order chi connectivity index (χ0) is 30.6. The summed E-state index contributed by atoms with van der Waals surface area (Å²) in [6, 6.07) is 13.7. The highest BCUT2D eigenvalue weighted by Gasteiger charge is 2.44. The summed E-state index contributed by atoms with van der Waals surface area (Å²) in [6.45, 7) is 7.45. The summed E-state index contributed by atoms with van der Waals surface area (Å²) in [4.78, 5) is 36.6. The number of anilines is 2. The lowest BCUT2D eigenvalue weighted by Crippen LogP contribution is -2.50. The molecule has 1 aromatic carbocycles. The highest BCUT2D eigenvalue weighted by Crippen LogP contribution is 2.48. The topological polar surface area (TPSA) is 101 Å². The van der Waals surface area contributed by atoms with Gasteiger partial charge in [-0.3, -0.25) is 4.79 Å². The van der Waals surface area contributed by atoms with E-state index in [0.717, 1.165) is 29.0 Å². The summed E-state index contributed by atoms with van der Waals surface area (Å²) >= 11 is 6.13. The first-order chi connectivity index (χ1) is 21.1. The molecular formula is C34H37ClN6O3. The second-order valence-electron chi connectivity index (χ2n) is 13.3. The Morgan fingerprint density at radius 2 is 1.86 bits per heavy atom. The number of rotatable bonds is 8. The van der Waals surface area contributed by atoms with Gasteiger partial charge in [0.05, 0.1) is 12.2 Å². The minimum Gasteiger partial charge on any atom is -0.444 e. The van der Waals surface area contributed by atoms with Crippen LogP contribution in [-0.4, -0.2) is 50.0 Å². The van der Waals surface area contributed by atoms with Gasteiger partial charge in [-0.25, -0.2) is 14.8 Å². The number of carbonyl (C=O) groups is 2. The molecule has 4 heterocycles. The minimum absolute atomic E-state index is 0.0276. The van der Waals surface area contributed by atoms with Gasteiger partial charge in [0.1, 0.15) is 17.1 Å². The molecular weight excluding hydrogens is 576 g/mol. The van der Waals surface area contributed by atoms with Gasteiger partial charge in [0.2, 0.25) is 5.91 Å². The standard InChI is InChI=1S/C34H37ClN6O3/c1-34(2,3)44-33(43)41-17-23(18-41)28-12-22(20-7-8-20)16-40-19-26(38-31(28)40)15-37-25-9-10-36-30(13-25)39-32(42)29-14-27(29)21-5-4-6-24(35)11-21/h4-6,9-13,16,19-20,23,27,29H,7-8,14-15,17-18H2,1-3H3,(H2,36,37,39,42)/t27-,29?/m1/s1. The zero-order valence-corrected chi connectivity index (χ0v) is 26.0. The maximum Gasteiger partial charge on any atom is 0.410 e. The number of aromatic nitrogens is 3. The van der Waals surface area contributed by atoms with Gasteiger partial charge in [-0.1, -0.05) is 23.7 Å². The quantitative estimate of drug-likeness (QED) is 0.223. The Morgan fingerprint density at radius 1 is 1.05 bits per heavy atom. The van der Waals surface area contributed by atoms with Gasteiger partial charge in [-0.2, -0.15) is 0 Å². The van der Waals surface area contributed by atoms with Gasteiger partial charge in [-0.05, 0) is 87.3 Å². The Hall–Kier alpha value is -4.11. The molecule has 4 aromatic rings. The predicted octanol–water partition coefficient (Wildman–Crippen LogP) is 6.95. The van der Waals surface area contributed by atoms with Crippen LogP contribution in [0.15, 0.2) is 61.1 Å². The summed E-state index contributed by atoms with van der Waals surface area (Å²) in [5.74, 6) is 1.43. The first kappa shape index (κ1) is 28.6. The number of fused-ring (bicyclic) bond motifs is 1. The number of hydrogen-bond donors (Lipinski definition) is 2. The van der Waals surface area contributed by atoms with Crippen molar-refractivity contribution in [1.29, 1.82) is 0 Å². The first-order valence-electron chi connectivity index (χ1n) is 15.4. The average molecular weight is 613 g/mol. The third-order valence-corrected chi connectivity index (χ3v) is 8.80. The number of imidazole rings is 1. The summed E-state index contributed by atoms with van der Waals surface area (Å²) in [7, 11) is 0. The summed E-state index contributed by atoms with van der Waals surface area (Å²) in [6.07, 6.45) is 8.94. The van der Waals surface area contributed by atoms with Crippen molar-refractivity contribution < 1.29 is 14.3 Å². The van der Waals surface area contributed by atoms with Gasteiger partial charge in [0.15, 0.2) is 0 Å². The summed E-state index contributed by atoms with van der Waals surface area (Å²) in [5.41, 5.74) is 5.80. The van der Waals surface area contributed by atoms with Crippen molar-refractivity contribution >= 4 is 40.8 Å². The molecule has 228 valence electrons. The fourth-order valence-electron chi connectivity index (χ4n) is 5.99. The molecule has 0 radical (unpaired) electrons. The van der Waals surface area contributed by atoms with Crippen LogP contribution < -0.4 is 10.6 Å². The van der Waals surface area contributed by atoms with Crippen LogP contribution in [0, 0.1) is 5.92 Å². The van der Waals surface area contributed by atoms with E-state index in [0.29, 0.717) is 36.4 Å². The Kier molecular flexibility index (Phi) is 7.23. The number of likely N-dealkylation sites (tertiary alicyclic amines) is 1. The van der Waals surface area contributed by atoms with E-state index in [9.17, 15) is 9.59 Å². The van der Waals surface area contributed by atoms with Gasteiger partial charge in [-0.15, -0.1) is 0 Å². The van der Waals surface area contributed by atoms with Crippen molar-refractivity contribution in [2.75, 3.05) is 23.7 Å². The highest BCUT2D eigenvalue weighted by atomic mass is 35.5. The number of pyridine rings is 2. The molecule has 3 aliphatic rings. The molecule has 9 nitrogen and oxygen atoms in total. The van der Waals surface area contributed by atoms with Crippen LogP contribution in [0.5, 0.6) is 0 Å². The van der Waals surface area contributed by atoms with E-state index < -0.39 is 5.60 Å². The lowest BCUT2D eigenvalue weighted by atomic mass is 9.91. The molecule has 3 aromatic heterocycles. The SMILES string of the molecule is CC(C)(C)OC(=O)N1CC(c2cc(C3CC3)cn3cc(CNc4ccnc(NC(=O)C5C[C@@H]5c5cccc(Cl)c5)c4)nc23)C1. The monoisotopic (exact) mass is 612 g/mol. The van der Waals surface area contributed by atoms with Crippen LogP contribution in [0.25, 0.3) is 5.65 Å². The lowest BCUT2D eigenvalue weighted by Gasteiger charge is -2.40. The van der Waals surface area contributed by atoms with E-state index >= 15 is 0 Å². The molecule has 10 heteroatoms. The third-order valence-electron chi connectivity index (χ3n) is 8.56. The molecule has 1 saturated heterocycles. The largest absolute Gasteiger partial charge is 0.444 e. The number of ether oxygens (including phenoxy) is 1. The van der Waals surface area contributed by atoms with Crippen molar-refractivity contribution in [3.8, 4) is 0 Å². The summed E-state index contributed by atoms with van der Waals surface area (Å²) < 4.78 is 7.70. The molecule has 2 atom stereocenters. The maximum absolute atomic E-state index is 12.9. The highest BCUT2D eigenvalue weighted by molar-refractivity contribution is 6.30. The van der Waals surface area contributed by atoms with Crippen molar-refractivity contribution in [2.24, 2.45) is 5.92 Å². The van der Waals surface area contributed by atoms with Crippen LogP contribution in [0.1, 0.15) is 80.2 Å². The Morgan fingerprint density at radius 3 is 2.61 bits per heavy atom. The van der Waals surface area contributed by atoms with E-state index in [2.05, 4.69) is 38.5 Å². The smallest absolute Gasteiger partial charge is 0.410 e. The van der Waals surface area contributed by atoms with Gasteiger partial charge >= 0.3 is 6.09 Å². The normalized spacial score (nSPS) is 19.9. The molecule has 44 heavy (non-hydrogen) atoms. The second kappa shape index (κ2) is 11.1. The van der Waals surface area contributed by atoms with E-state index in [4.69, 9.17) is 21.3 Å². The van der Waals surface area contributed by atoms with E-state index in [-0.39, 0.29) is 29.8 Å². The molecule has 0 bridgehead atoms. The Bertz CT molecular complexity index is 1740. The molecule has 2 amide bonds. The van der Waals surface area contributed by atoms with Crippen molar-refractivity contribution in [1.82, 2.24) is 19.3 Å². The minimum atomic E-state index is -0.509. The Balaban J connectivity index is 1.01. The molecule has 2 aliphatic carbocycles. The number of hydrogen-bond acceptors (Lipinski definition) is 6. The van der Waals surface area contributed by atoms with Crippen molar-refractivity contribution in [3.63, 3.8) is 0 Å². The van der Waals surface area contributed by atoms with Gasteiger partial charge in [0.25, 0.3) is 0 Å². The number of carbonyl (C=O) groups excluding carboxylic acids is 2. The molecule has 0 spiro atoms. The molecule has 2 N–H and O–H groups in total. The first-order valence-corrected chi connectivity index (χ1v) is 15.7. The van der Waals surface area contributed by atoms with Gasteiger partial charge in [0, 0.05) is 65.9 Å². The fraction of sp³-hybridized carbons (Fsp3) is 0.412. The molecule has 3 fully saturated rings. The van der Waals surface area contributed by atoms with Crippen LogP contribution in [0.3, 0.4) is 0 Å². The third kappa shape index (κ3) is 6.24. The number of amides is 2. The van der Waals surface area contributed by atoms with E-state index in [1.807, 2.05) is 57.2 Å². The maximum atomic E-state index is 12.9. The molecule has 1 aliphatic heterocycles. The molecule has 1 unspecified atom stereocenters. The fourth-order valence-corrected chi connectivity index (χ4v) is 6.18. The van der Waals surface area contributed by atoms with E-state index in [1.165, 1.54) is 24.0 Å². The van der Waals surface area contributed by atoms with Crippen LogP contribution in [-0.2, 0) is 16.1 Å². The summed E-state index contributed by atoms with van der Waals surface area (Å²) in [5, 5.41) is 7.11. The molecule has 2 saturated carbocycles. The zero-order valence-electron chi connectivity index (χ0n) is 25.2. The number of benzene rings is 1.